The van der Waals surface area contributed by atoms with Crippen LogP contribution in [-0.4, -0.2) is 77.2 Å². The van der Waals surface area contributed by atoms with Crippen LogP contribution in [0, 0.1) is 0 Å². The Morgan fingerprint density at radius 3 is 2.71 bits per heavy atom. The summed E-state index contributed by atoms with van der Waals surface area (Å²) in [5.41, 5.74) is 0. The van der Waals surface area contributed by atoms with Gasteiger partial charge in [-0.2, -0.15) is 11.8 Å². The Morgan fingerprint density at radius 1 is 1.24 bits per heavy atom. The molecular weight excluding hydrogens is 290 g/mol. The summed E-state index contributed by atoms with van der Waals surface area (Å²) in [6.07, 6.45) is 3.56. The Bertz CT molecular complexity index is 361. The molecule has 2 amide bonds. The molecule has 0 radical (unpaired) electrons. The first-order valence-electron chi connectivity index (χ1n) is 7.73. The van der Waals surface area contributed by atoms with Gasteiger partial charge < -0.3 is 20.2 Å². The molecule has 0 aromatic carbocycles. The smallest absolute Gasteiger partial charge is 0.317 e. The van der Waals surface area contributed by atoms with Crippen LogP contribution in [0.4, 0.5) is 4.79 Å². The maximum absolute atomic E-state index is 12.2. The monoisotopic (exact) mass is 315 g/mol. The minimum atomic E-state index is -0.839. The Labute approximate surface area is 130 Å². The first-order valence-corrected chi connectivity index (χ1v) is 8.88. The summed E-state index contributed by atoms with van der Waals surface area (Å²) in [6, 6.07) is -0.289. The van der Waals surface area contributed by atoms with E-state index in [-0.39, 0.29) is 18.5 Å². The summed E-state index contributed by atoms with van der Waals surface area (Å²) in [7, 11) is 0. The maximum atomic E-state index is 12.2. The normalized spacial score (nSPS) is 23.2. The number of nitrogens with one attached hydrogen (secondary N) is 1. The number of carbonyl (C=O) groups excluding carboxylic acids is 1. The van der Waals surface area contributed by atoms with Gasteiger partial charge in [0.1, 0.15) is 0 Å². The molecule has 1 atom stereocenters. The fourth-order valence-corrected chi connectivity index (χ4v) is 3.96. The summed E-state index contributed by atoms with van der Waals surface area (Å²) >= 11 is 1.72. The molecule has 0 aromatic heterocycles. The highest BCUT2D eigenvalue weighted by Gasteiger charge is 2.28. The molecule has 1 unspecified atom stereocenters. The molecule has 0 aromatic rings. The van der Waals surface area contributed by atoms with Crippen molar-refractivity contribution in [3.63, 3.8) is 0 Å². The second-order valence-electron chi connectivity index (χ2n) is 5.65. The molecule has 2 rings (SSSR count). The highest BCUT2D eigenvalue weighted by Crippen LogP contribution is 2.19. The van der Waals surface area contributed by atoms with E-state index in [4.69, 9.17) is 5.11 Å². The third-order valence-electron chi connectivity index (χ3n) is 4.02. The number of aliphatic carboxylic acids is 1. The number of carboxylic acid groups (broad SMARTS) is 1. The molecule has 21 heavy (non-hydrogen) atoms. The number of thioether (sulfide) groups is 1. The molecule has 0 aliphatic carbocycles. The summed E-state index contributed by atoms with van der Waals surface area (Å²) < 4.78 is 0. The second-order valence-corrected chi connectivity index (χ2v) is 6.80. The van der Waals surface area contributed by atoms with Gasteiger partial charge in [-0.05, 0) is 38.9 Å². The lowest BCUT2D eigenvalue weighted by molar-refractivity contribution is -0.137. The van der Waals surface area contributed by atoms with Crippen LogP contribution in [0.2, 0.25) is 0 Å². The molecule has 0 saturated carbocycles. The standard InChI is InChI=1S/C14H25N3O3S/c18-13(19)10-12-11-21-9-8-17(12)14(20)15-4-3-7-16-5-1-2-6-16/h12H,1-11H2,(H,15,20)(H,18,19). The summed E-state index contributed by atoms with van der Waals surface area (Å²) in [6.45, 7) is 4.70. The van der Waals surface area contributed by atoms with Gasteiger partial charge in [-0.15, -0.1) is 0 Å². The number of amides is 2. The number of carbonyl (C=O) groups is 2. The van der Waals surface area contributed by atoms with E-state index in [9.17, 15) is 9.59 Å². The molecule has 120 valence electrons. The van der Waals surface area contributed by atoms with E-state index < -0.39 is 5.97 Å². The van der Waals surface area contributed by atoms with Crippen LogP contribution in [0.5, 0.6) is 0 Å². The van der Waals surface area contributed by atoms with E-state index in [0.29, 0.717) is 18.8 Å². The van der Waals surface area contributed by atoms with Gasteiger partial charge in [-0.25, -0.2) is 4.79 Å². The molecule has 2 fully saturated rings. The number of likely N-dealkylation sites (tertiary alicyclic amines) is 1. The maximum Gasteiger partial charge on any atom is 0.317 e. The molecule has 6 nitrogen and oxygen atoms in total. The van der Waals surface area contributed by atoms with Crippen molar-refractivity contribution in [3.05, 3.63) is 0 Å². The van der Waals surface area contributed by atoms with Gasteiger partial charge in [-0.3, -0.25) is 4.79 Å². The first kappa shape index (κ1) is 16.4. The Kier molecular flexibility index (Phi) is 6.63. The van der Waals surface area contributed by atoms with Crippen molar-refractivity contribution in [2.75, 3.05) is 44.2 Å². The Hall–Kier alpha value is -0.950. The number of rotatable bonds is 6. The number of hydrogen-bond acceptors (Lipinski definition) is 4. The predicted octanol–water partition coefficient (Wildman–Crippen LogP) is 1.07. The van der Waals surface area contributed by atoms with Crippen LogP contribution in [0.3, 0.4) is 0 Å². The van der Waals surface area contributed by atoms with E-state index >= 15 is 0 Å². The molecule has 2 aliphatic rings. The molecule has 2 heterocycles. The Morgan fingerprint density at radius 2 is 2.00 bits per heavy atom. The number of carboxylic acids is 1. The number of hydrogen-bond donors (Lipinski definition) is 2. The summed E-state index contributed by atoms with van der Waals surface area (Å²) in [5, 5.41) is 11.9. The fourth-order valence-electron chi connectivity index (χ4n) is 2.90. The summed E-state index contributed by atoms with van der Waals surface area (Å²) in [5.74, 6) is 0.763. The van der Waals surface area contributed by atoms with E-state index in [1.807, 2.05) is 0 Å². The van der Waals surface area contributed by atoms with Crippen LogP contribution in [0.15, 0.2) is 0 Å². The van der Waals surface area contributed by atoms with Crippen molar-refractivity contribution in [1.82, 2.24) is 15.1 Å². The minimum Gasteiger partial charge on any atom is -0.481 e. The van der Waals surface area contributed by atoms with Crippen molar-refractivity contribution >= 4 is 23.8 Å². The predicted molar refractivity (Wildman–Crippen MR) is 83.8 cm³/mol. The molecule has 2 N–H and O–H groups in total. The Balaban J connectivity index is 1.68. The van der Waals surface area contributed by atoms with Crippen LogP contribution >= 0.6 is 11.8 Å². The van der Waals surface area contributed by atoms with Crippen LogP contribution in [-0.2, 0) is 4.79 Å². The van der Waals surface area contributed by atoms with Crippen LogP contribution in [0.25, 0.3) is 0 Å². The van der Waals surface area contributed by atoms with Gasteiger partial charge in [0.25, 0.3) is 0 Å². The van der Waals surface area contributed by atoms with E-state index in [0.717, 1.165) is 18.7 Å². The van der Waals surface area contributed by atoms with Gasteiger partial charge in [0.15, 0.2) is 0 Å². The highest BCUT2D eigenvalue weighted by atomic mass is 32.2. The van der Waals surface area contributed by atoms with Crippen molar-refractivity contribution in [3.8, 4) is 0 Å². The average Bonchev–Trinajstić information content (AvgIpc) is 2.96. The first-order chi connectivity index (χ1) is 10.2. The number of nitrogens with zero attached hydrogens (tertiary/aromatic N) is 2. The molecule has 0 spiro atoms. The number of urea groups is 1. The molecule has 7 heteroatoms. The SMILES string of the molecule is O=C(O)CC1CSCCN1C(=O)NCCCN1CCCC1. The highest BCUT2D eigenvalue weighted by molar-refractivity contribution is 7.99. The van der Waals surface area contributed by atoms with Gasteiger partial charge in [0, 0.05) is 24.6 Å². The van der Waals surface area contributed by atoms with Crippen molar-refractivity contribution < 1.29 is 14.7 Å². The van der Waals surface area contributed by atoms with Crippen LogP contribution < -0.4 is 5.32 Å². The van der Waals surface area contributed by atoms with E-state index in [1.54, 1.807) is 16.7 Å². The van der Waals surface area contributed by atoms with Gasteiger partial charge in [0.2, 0.25) is 0 Å². The largest absolute Gasteiger partial charge is 0.481 e. The molecule has 0 bridgehead atoms. The molecule has 2 aliphatic heterocycles. The quantitative estimate of drug-likeness (QED) is 0.718. The lowest BCUT2D eigenvalue weighted by Crippen LogP contribution is -2.51. The molecular formula is C14H25N3O3S. The topological polar surface area (TPSA) is 72.9 Å². The molecule has 2 saturated heterocycles. The van der Waals surface area contributed by atoms with E-state index in [1.165, 1.54) is 25.9 Å². The fraction of sp³-hybridized carbons (Fsp3) is 0.857. The van der Waals surface area contributed by atoms with Crippen molar-refractivity contribution in [1.29, 1.82) is 0 Å². The van der Waals surface area contributed by atoms with Gasteiger partial charge >= 0.3 is 12.0 Å². The lowest BCUT2D eigenvalue weighted by atomic mass is 10.2. The van der Waals surface area contributed by atoms with Crippen molar-refractivity contribution in [2.45, 2.75) is 31.7 Å². The van der Waals surface area contributed by atoms with E-state index in [2.05, 4.69) is 10.2 Å². The zero-order valence-corrected chi connectivity index (χ0v) is 13.2. The van der Waals surface area contributed by atoms with Gasteiger partial charge in [-0.1, -0.05) is 0 Å². The third kappa shape index (κ3) is 5.39. The average molecular weight is 315 g/mol. The minimum absolute atomic E-state index is 0.0359. The third-order valence-corrected chi connectivity index (χ3v) is 5.12. The summed E-state index contributed by atoms with van der Waals surface area (Å²) in [4.78, 5) is 27.2. The second kappa shape index (κ2) is 8.48. The zero-order valence-electron chi connectivity index (χ0n) is 12.4. The zero-order chi connectivity index (χ0) is 15.1. The van der Waals surface area contributed by atoms with Gasteiger partial charge in [0.05, 0.1) is 12.5 Å². The van der Waals surface area contributed by atoms with Crippen molar-refractivity contribution in [2.24, 2.45) is 0 Å². The lowest BCUT2D eigenvalue weighted by Gasteiger charge is -2.34. The van der Waals surface area contributed by atoms with Crippen LogP contribution in [0.1, 0.15) is 25.7 Å².